The Morgan fingerprint density at radius 3 is 2.96 bits per heavy atom. The fourth-order valence-corrected chi connectivity index (χ4v) is 3.78. The van der Waals surface area contributed by atoms with E-state index in [-0.39, 0.29) is 17.6 Å². The number of nitrogens with zero attached hydrogens (tertiary/aromatic N) is 3. The molecule has 3 aromatic rings. The molecule has 0 bridgehead atoms. The highest BCUT2D eigenvalue weighted by atomic mass is 32.1. The van der Waals surface area contributed by atoms with Gasteiger partial charge in [0.15, 0.2) is 5.13 Å². The molecule has 0 aliphatic heterocycles. The van der Waals surface area contributed by atoms with Gasteiger partial charge in [-0.15, -0.1) is 11.3 Å². The van der Waals surface area contributed by atoms with Crippen LogP contribution in [0, 0.1) is 0 Å². The van der Waals surface area contributed by atoms with Crippen molar-refractivity contribution in [1.29, 1.82) is 0 Å². The van der Waals surface area contributed by atoms with E-state index in [9.17, 15) is 4.79 Å². The van der Waals surface area contributed by atoms with Gasteiger partial charge >= 0.3 is 0 Å². The Balaban J connectivity index is 1.57. The van der Waals surface area contributed by atoms with E-state index < -0.39 is 0 Å². The maximum atomic E-state index is 12.4. The number of fused-ring (bicyclic) bond motifs is 2. The van der Waals surface area contributed by atoms with Crippen LogP contribution in [-0.2, 0) is 12.8 Å². The van der Waals surface area contributed by atoms with Crippen LogP contribution in [0.25, 0.3) is 11.0 Å². The molecule has 1 amide bonds. The average Bonchev–Trinajstić information content (AvgIpc) is 2.95. The topological polar surface area (TPSA) is 93.8 Å². The van der Waals surface area contributed by atoms with Crippen molar-refractivity contribution in [2.24, 2.45) is 5.73 Å². The van der Waals surface area contributed by atoms with Crippen LogP contribution < -0.4 is 11.1 Å². The largest absolute Gasteiger partial charge is 0.327 e. The number of carbonyl (C=O) groups is 1. The summed E-state index contributed by atoms with van der Waals surface area (Å²) in [7, 11) is 0. The number of nitrogens with two attached hydrogens (primary N) is 1. The molecule has 7 heteroatoms. The van der Waals surface area contributed by atoms with Gasteiger partial charge in [-0.25, -0.2) is 9.97 Å². The summed E-state index contributed by atoms with van der Waals surface area (Å²) < 4.78 is 0. The van der Waals surface area contributed by atoms with Crippen molar-refractivity contribution >= 4 is 33.4 Å². The number of aromatic nitrogens is 3. The van der Waals surface area contributed by atoms with E-state index in [0.717, 1.165) is 30.5 Å². The zero-order chi connectivity index (χ0) is 15.8. The molecule has 0 unspecified atom stereocenters. The minimum atomic E-state index is -0.293. The van der Waals surface area contributed by atoms with Gasteiger partial charge < -0.3 is 5.73 Å². The second-order valence-electron chi connectivity index (χ2n) is 5.59. The fourth-order valence-electron chi connectivity index (χ4n) is 2.68. The van der Waals surface area contributed by atoms with Crippen molar-refractivity contribution < 1.29 is 4.79 Å². The highest BCUT2D eigenvalue weighted by Crippen LogP contribution is 2.29. The molecule has 1 aromatic carbocycles. The van der Waals surface area contributed by atoms with Gasteiger partial charge in [0.2, 0.25) is 0 Å². The van der Waals surface area contributed by atoms with Crippen LogP contribution in [0.3, 0.4) is 0 Å². The Morgan fingerprint density at radius 2 is 2.09 bits per heavy atom. The summed E-state index contributed by atoms with van der Waals surface area (Å²) in [6, 6.07) is 7.65. The standard InChI is InChI=1S/C16H15N5OS/c17-9-5-6-12-14(7-9)23-16(20-12)21-15(22)13-8-18-10-3-1-2-4-11(10)19-13/h1-4,8-9H,5-7,17H2,(H,20,21,22)/t9-/m0/s1. The number of hydrogen-bond donors (Lipinski definition) is 2. The average molecular weight is 325 g/mol. The van der Waals surface area contributed by atoms with E-state index in [1.807, 2.05) is 24.3 Å². The van der Waals surface area contributed by atoms with Crippen LogP contribution in [-0.4, -0.2) is 26.9 Å². The van der Waals surface area contributed by atoms with Crippen LogP contribution in [0.1, 0.15) is 27.5 Å². The summed E-state index contributed by atoms with van der Waals surface area (Å²) in [6.45, 7) is 0. The minimum Gasteiger partial charge on any atom is -0.327 e. The number of thiazole rings is 1. The van der Waals surface area contributed by atoms with Crippen molar-refractivity contribution in [3.05, 3.63) is 46.7 Å². The van der Waals surface area contributed by atoms with E-state index in [1.54, 1.807) is 0 Å². The van der Waals surface area contributed by atoms with Gasteiger partial charge in [-0.2, -0.15) is 0 Å². The minimum absolute atomic E-state index is 0.192. The Hall–Kier alpha value is -2.38. The molecule has 116 valence electrons. The highest BCUT2D eigenvalue weighted by molar-refractivity contribution is 7.15. The van der Waals surface area contributed by atoms with Crippen LogP contribution in [0.15, 0.2) is 30.5 Å². The zero-order valence-electron chi connectivity index (χ0n) is 12.3. The predicted octanol–water partition coefficient (Wildman–Crippen LogP) is 2.15. The Morgan fingerprint density at radius 1 is 1.26 bits per heavy atom. The number of carbonyl (C=O) groups excluding carboxylic acids is 1. The lowest BCUT2D eigenvalue weighted by Gasteiger charge is -2.15. The van der Waals surface area contributed by atoms with Crippen LogP contribution >= 0.6 is 11.3 Å². The van der Waals surface area contributed by atoms with E-state index >= 15 is 0 Å². The lowest BCUT2D eigenvalue weighted by Crippen LogP contribution is -2.27. The number of anilines is 1. The number of para-hydroxylation sites is 2. The molecule has 2 aromatic heterocycles. The first kappa shape index (κ1) is 14.2. The molecule has 6 nitrogen and oxygen atoms in total. The lowest BCUT2D eigenvalue weighted by atomic mass is 9.99. The van der Waals surface area contributed by atoms with Gasteiger partial charge in [0.05, 0.1) is 22.9 Å². The summed E-state index contributed by atoms with van der Waals surface area (Å²) in [5.74, 6) is -0.293. The third-order valence-electron chi connectivity index (χ3n) is 3.88. The number of benzene rings is 1. The summed E-state index contributed by atoms with van der Waals surface area (Å²) in [4.78, 5) is 26.6. The van der Waals surface area contributed by atoms with Crippen molar-refractivity contribution in [3.8, 4) is 0 Å². The normalized spacial score (nSPS) is 17.0. The van der Waals surface area contributed by atoms with Crippen molar-refractivity contribution in [3.63, 3.8) is 0 Å². The Bertz CT molecular complexity index is 891. The smallest absolute Gasteiger partial charge is 0.277 e. The summed E-state index contributed by atoms with van der Waals surface area (Å²) >= 11 is 1.49. The van der Waals surface area contributed by atoms with Crippen molar-refractivity contribution in [2.75, 3.05) is 5.32 Å². The van der Waals surface area contributed by atoms with Gasteiger partial charge in [0.1, 0.15) is 5.69 Å². The molecule has 3 N–H and O–H groups in total. The number of aryl methyl sites for hydroxylation is 1. The van der Waals surface area contributed by atoms with Crippen LogP contribution in [0.5, 0.6) is 0 Å². The second kappa shape index (κ2) is 5.68. The molecule has 0 fully saturated rings. The van der Waals surface area contributed by atoms with Gasteiger partial charge in [0, 0.05) is 10.9 Å². The first-order valence-corrected chi connectivity index (χ1v) is 8.28. The third kappa shape index (κ3) is 2.80. The molecule has 0 saturated heterocycles. The molecule has 2 heterocycles. The number of nitrogens with one attached hydrogen (secondary N) is 1. The monoisotopic (exact) mass is 325 g/mol. The molecule has 23 heavy (non-hydrogen) atoms. The molecule has 1 aliphatic carbocycles. The number of rotatable bonds is 2. The molecular weight excluding hydrogens is 310 g/mol. The summed E-state index contributed by atoms with van der Waals surface area (Å²) in [6.07, 6.45) is 4.14. The molecule has 0 radical (unpaired) electrons. The van der Waals surface area contributed by atoms with E-state index in [1.165, 1.54) is 22.4 Å². The molecule has 4 rings (SSSR count). The second-order valence-corrected chi connectivity index (χ2v) is 6.67. The van der Waals surface area contributed by atoms with E-state index in [4.69, 9.17) is 5.73 Å². The lowest BCUT2D eigenvalue weighted by molar-refractivity contribution is 0.102. The summed E-state index contributed by atoms with van der Waals surface area (Å²) in [5.41, 5.74) is 8.78. The number of amides is 1. The number of hydrogen-bond acceptors (Lipinski definition) is 6. The Labute approximate surface area is 136 Å². The molecule has 1 aliphatic rings. The third-order valence-corrected chi connectivity index (χ3v) is 4.91. The van der Waals surface area contributed by atoms with E-state index in [2.05, 4.69) is 20.3 Å². The molecule has 0 saturated carbocycles. The van der Waals surface area contributed by atoms with Crippen LogP contribution in [0.2, 0.25) is 0 Å². The maximum absolute atomic E-state index is 12.4. The summed E-state index contributed by atoms with van der Waals surface area (Å²) in [5, 5.41) is 3.42. The first-order chi connectivity index (χ1) is 11.2. The SMILES string of the molecule is N[C@H]1CCc2nc(NC(=O)c3cnc4ccccc4n3)sc2C1. The zero-order valence-corrected chi connectivity index (χ0v) is 13.1. The van der Waals surface area contributed by atoms with Gasteiger partial charge in [0.25, 0.3) is 5.91 Å². The molecule has 1 atom stereocenters. The molecular formula is C16H15N5OS. The molecule has 0 spiro atoms. The Kier molecular flexibility index (Phi) is 3.51. The highest BCUT2D eigenvalue weighted by Gasteiger charge is 2.21. The predicted molar refractivity (Wildman–Crippen MR) is 89.6 cm³/mol. The van der Waals surface area contributed by atoms with Gasteiger partial charge in [-0.05, 0) is 31.4 Å². The van der Waals surface area contributed by atoms with Crippen molar-refractivity contribution in [2.45, 2.75) is 25.3 Å². The maximum Gasteiger partial charge on any atom is 0.277 e. The fraction of sp³-hybridized carbons (Fsp3) is 0.250. The van der Waals surface area contributed by atoms with Gasteiger partial charge in [-0.1, -0.05) is 12.1 Å². The first-order valence-electron chi connectivity index (χ1n) is 7.46. The quantitative estimate of drug-likeness (QED) is 0.753. The van der Waals surface area contributed by atoms with E-state index in [0.29, 0.717) is 10.6 Å². The van der Waals surface area contributed by atoms with Crippen molar-refractivity contribution in [1.82, 2.24) is 15.0 Å². The van der Waals surface area contributed by atoms with Crippen LogP contribution in [0.4, 0.5) is 5.13 Å². The van der Waals surface area contributed by atoms with Gasteiger partial charge in [-0.3, -0.25) is 15.1 Å².